The summed E-state index contributed by atoms with van der Waals surface area (Å²) in [7, 11) is 6.31. The van der Waals surface area contributed by atoms with E-state index in [0.717, 1.165) is 49.4 Å². The topological polar surface area (TPSA) is 19.4 Å². The SMILES string of the molecule is CCCc1cc(CCl)cc(N(C)CCCN(C)C)n1. The summed E-state index contributed by atoms with van der Waals surface area (Å²) >= 11 is 5.97. The van der Waals surface area contributed by atoms with Crippen molar-refractivity contribution in [1.29, 1.82) is 0 Å². The number of aromatic nitrogens is 1. The van der Waals surface area contributed by atoms with Gasteiger partial charge >= 0.3 is 0 Å². The van der Waals surface area contributed by atoms with Gasteiger partial charge in [-0.2, -0.15) is 0 Å². The molecule has 4 heteroatoms. The number of nitrogens with zero attached hydrogens (tertiary/aromatic N) is 3. The molecule has 0 saturated carbocycles. The summed E-state index contributed by atoms with van der Waals surface area (Å²) < 4.78 is 0. The Morgan fingerprint density at radius 3 is 2.47 bits per heavy atom. The van der Waals surface area contributed by atoms with Gasteiger partial charge in [-0.25, -0.2) is 4.98 Å². The predicted octanol–water partition coefficient (Wildman–Crippen LogP) is 3.16. The Hall–Kier alpha value is -0.800. The quantitative estimate of drug-likeness (QED) is 0.683. The number of rotatable bonds is 8. The van der Waals surface area contributed by atoms with Gasteiger partial charge in [0.1, 0.15) is 5.82 Å². The molecule has 0 unspecified atom stereocenters. The van der Waals surface area contributed by atoms with Gasteiger partial charge in [0.05, 0.1) is 0 Å². The van der Waals surface area contributed by atoms with Gasteiger partial charge in [0.25, 0.3) is 0 Å². The maximum atomic E-state index is 5.97. The van der Waals surface area contributed by atoms with Gasteiger partial charge in [-0.05, 0) is 51.2 Å². The van der Waals surface area contributed by atoms with Crippen LogP contribution in [-0.2, 0) is 12.3 Å². The van der Waals surface area contributed by atoms with E-state index in [4.69, 9.17) is 16.6 Å². The van der Waals surface area contributed by atoms with E-state index in [-0.39, 0.29) is 0 Å². The maximum absolute atomic E-state index is 5.97. The molecule has 0 N–H and O–H groups in total. The summed E-state index contributed by atoms with van der Waals surface area (Å²) in [6.07, 6.45) is 3.27. The molecule has 0 aliphatic rings. The third-order valence-corrected chi connectivity index (χ3v) is 3.38. The molecule has 1 aromatic rings. The van der Waals surface area contributed by atoms with Crippen molar-refractivity contribution in [3.05, 3.63) is 23.4 Å². The number of halogens is 1. The molecule has 0 aliphatic heterocycles. The highest BCUT2D eigenvalue weighted by Gasteiger charge is 2.07. The highest BCUT2D eigenvalue weighted by molar-refractivity contribution is 6.17. The molecule has 0 amide bonds. The summed E-state index contributed by atoms with van der Waals surface area (Å²) in [6.45, 7) is 4.29. The van der Waals surface area contributed by atoms with E-state index in [2.05, 4.69) is 50.0 Å². The third-order valence-electron chi connectivity index (χ3n) is 3.08. The lowest BCUT2D eigenvalue weighted by Gasteiger charge is -2.20. The molecular formula is C15H26ClN3. The number of pyridine rings is 1. The predicted molar refractivity (Wildman–Crippen MR) is 84.2 cm³/mol. The Morgan fingerprint density at radius 2 is 1.89 bits per heavy atom. The fraction of sp³-hybridized carbons (Fsp3) is 0.667. The van der Waals surface area contributed by atoms with Crippen molar-refractivity contribution in [2.75, 3.05) is 39.1 Å². The van der Waals surface area contributed by atoms with Crippen molar-refractivity contribution in [3.8, 4) is 0 Å². The minimum atomic E-state index is 0.553. The largest absolute Gasteiger partial charge is 0.360 e. The first-order valence-corrected chi connectivity index (χ1v) is 7.52. The number of anilines is 1. The van der Waals surface area contributed by atoms with Gasteiger partial charge in [-0.1, -0.05) is 13.3 Å². The summed E-state index contributed by atoms with van der Waals surface area (Å²) in [5, 5.41) is 0. The molecule has 0 atom stereocenters. The number of hydrogen-bond donors (Lipinski definition) is 0. The second-order valence-corrected chi connectivity index (χ2v) is 5.55. The monoisotopic (exact) mass is 283 g/mol. The maximum Gasteiger partial charge on any atom is 0.128 e. The molecule has 0 saturated heterocycles. The van der Waals surface area contributed by atoms with Crippen LogP contribution in [0.1, 0.15) is 31.0 Å². The van der Waals surface area contributed by atoms with E-state index in [1.54, 1.807) is 0 Å². The molecule has 0 radical (unpaired) electrons. The lowest BCUT2D eigenvalue weighted by atomic mass is 10.1. The first-order chi connectivity index (χ1) is 9.06. The second kappa shape index (κ2) is 8.39. The molecule has 1 heterocycles. The first kappa shape index (κ1) is 16.3. The lowest BCUT2D eigenvalue weighted by Crippen LogP contribution is -2.24. The van der Waals surface area contributed by atoms with Crippen molar-refractivity contribution in [2.45, 2.75) is 32.1 Å². The van der Waals surface area contributed by atoms with Crippen molar-refractivity contribution >= 4 is 17.4 Å². The van der Waals surface area contributed by atoms with E-state index in [1.165, 1.54) is 0 Å². The van der Waals surface area contributed by atoms with Crippen LogP contribution < -0.4 is 4.90 Å². The summed E-state index contributed by atoms with van der Waals surface area (Å²) in [5.74, 6) is 1.60. The number of hydrogen-bond acceptors (Lipinski definition) is 3. The summed E-state index contributed by atoms with van der Waals surface area (Å²) in [6, 6.07) is 4.22. The molecule has 0 aliphatic carbocycles. The van der Waals surface area contributed by atoms with Crippen LogP contribution in [0.3, 0.4) is 0 Å². The molecule has 0 bridgehead atoms. The average Bonchev–Trinajstić information content (AvgIpc) is 2.38. The number of alkyl halides is 1. The molecule has 108 valence electrons. The van der Waals surface area contributed by atoms with E-state index in [9.17, 15) is 0 Å². The first-order valence-electron chi connectivity index (χ1n) is 6.98. The molecule has 1 rings (SSSR count). The lowest BCUT2D eigenvalue weighted by molar-refractivity contribution is 0.401. The van der Waals surface area contributed by atoms with Crippen LogP contribution in [0.5, 0.6) is 0 Å². The smallest absolute Gasteiger partial charge is 0.128 e. The molecule has 3 nitrogen and oxygen atoms in total. The standard InChI is InChI=1S/C15H26ClN3/c1-5-7-14-10-13(12-16)11-15(17-14)19(4)9-6-8-18(2)3/h10-11H,5-9,12H2,1-4H3. The fourth-order valence-corrected chi connectivity index (χ4v) is 2.18. The van der Waals surface area contributed by atoms with E-state index < -0.39 is 0 Å². The Morgan fingerprint density at radius 1 is 1.16 bits per heavy atom. The molecule has 0 aromatic carbocycles. The van der Waals surface area contributed by atoms with Gasteiger partial charge in [0.2, 0.25) is 0 Å². The molecular weight excluding hydrogens is 258 g/mol. The zero-order valence-corrected chi connectivity index (χ0v) is 13.4. The van der Waals surface area contributed by atoms with Crippen molar-refractivity contribution in [2.24, 2.45) is 0 Å². The van der Waals surface area contributed by atoms with Gasteiger partial charge in [0, 0.05) is 25.2 Å². The second-order valence-electron chi connectivity index (χ2n) is 5.29. The molecule has 0 spiro atoms. The average molecular weight is 284 g/mol. The van der Waals surface area contributed by atoms with Crippen LogP contribution in [-0.4, -0.2) is 44.1 Å². The van der Waals surface area contributed by atoms with Crippen molar-refractivity contribution in [1.82, 2.24) is 9.88 Å². The number of aryl methyl sites for hydroxylation is 1. The van der Waals surface area contributed by atoms with Gasteiger partial charge in [-0.15, -0.1) is 11.6 Å². The van der Waals surface area contributed by atoms with Crippen molar-refractivity contribution in [3.63, 3.8) is 0 Å². The Labute approximate surface area is 122 Å². The van der Waals surface area contributed by atoms with E-state index in [0.29, 0.717) is 5.88 Å². The van der Waals surface area contributed by atoms with Crippen LogP contribution in [0, 0.1) is 0 Å². The van der Waals surface area contributed by atoms with Gasteiger partial charge in [0.15, 0.2) is 0 Å². The van der Waals surface area contributed by atoms with Crippen LogP contribution in [0.15, 0.2) is 12.1 Å². The highest BCUT2D eigenvalue weighted by atomic mass is 35.5. The van der Waals surface area contributed by atoms with Crippen LogP contribution in [0.4, 0.5) is 5.82 Å². The van der Waals surface area contributed by atoms with Crippen LogP contribution in [0.25, 0.3) is 0 Å². The molecule has 19 heavy (non-hydrogen) atoms. The molecule has 1 aromatic heterocycles. The Balaban J connectivity index is 2.71. The minimum absolute atomic E-state index is 0.553. The summed E-state index contributed by atoms with van der Waals surface area (Å²) in [4.78, 5) is 9.15. The van der Waals surface area contributed by atoms with E-state index in [1.807, 2.05) is 0 Å². The molecule has 0 fully saturated rings. The van der Waals surface area contributed by atoms with Gasteiger partial charge in [-0.3, -0.25) is 0 Å². The van der Waals surface area contributed by atoms with Crippen LogP contribution >= 0.6 is 11.6 Å². The fourth-order valence-electron chi connectivity index (χ4n) is 2.03. The highest BCUT2D eigenvalue weighted by Crippen LogP contribution is 2.17. The third kappa shape index (κ3) is 5.79. The Bertz CT molecular complexity index is 380. The Kier molecular flexibility index (Phi) is 7.17. The van der Waals surface area contributed by atoms with E-state index >= 15 is 0 Å². The zero-order chi connectivity index (χ0) is 14.3. The summed E-state index contributed by atoms with van der Waals surface area (Å²) in [5.41, 5.74) is 2.31. The normalized spacial score (nSPS) is 11.1. The van der Waals surface area contributed by atoms with Crippen LogP contribution in [0.2, 0.25) is 0 Å². The van der Waals surface area contributed by atoms with Gasteiger partial charge < -0.3 is 9.80 Å². The minimum Gasteiger partial charge on any atom is -0.360 e. The zero-order valence-electron chi connectivity index (χ0n) is 12.6. The van der Waals surface area contributed by atoms with Crippen molar-refractivity contribution < 1.29 is 0 Å².